The highest BCUT2D eigenvalue weighted by Gasteiger charge is 2.15. The largest absolute Gasteiger partial charge is 0.494 e. The van der Waals surface area contributed by atoms with E-state index in [0.717, 1.165) is 5.56 Å². The second-order valence-corrected chi connectivity index (χ2v) is 5.89. The van der Waals surface area contributed by atoms with E-state index in [-0.39, 0.29) is 0 Å². The van der Waals surface area contributed by atoms with Crippen molar-refractivity contribution in [3.63, 3.8) is 0 Å². The van der Waals surface area contributed by atoms with Crippen LogP contribution in [0.5, 0.6) is 5.75 Å². The van der Waals surface area contributed by atoms with Gasteiger partial charge >= 0.3 is 0 Å². The summed E-state index contributed by atoms with van der Waals surface area (Å²) in [5.74, 6) is 2.13. The van der Waals surface area contributed by atoms with E-state index < -0.39 is 0 Å². The van der Waals surface area contributed by atoms with E-state index in [1.807, 2.05) is 36.4 Å². The molecule has 0 spiro atoms. The summed E-state index contributed by atoms with van der Waals surface area (Å²) in [5.41, 5.74) is 4.67. The fourth-order valence-corrected chi connectivity index (χ4v) is 2.66. The molecule has 4 rings (SSSR count). The maximum Gasteiger partial charge on any atom is 0.247 e. The normalized spacial score (nSPS) is 11.2. The van der Waals surface area contributed by atoms with Crippen molar-refractivity contribution < 1.29 is 13.6 Å². The Kier molecular flexibility index (Phi) is 3.72. The number of oxazole rings is 1. The average Bonchev–Trinajstić information content (AvgIpc) is 3.23. The minimum atomic E-state index is 0.329. The van der Waals surface area contributed by atoms with E-state index in [4.69, 9.17) is 13.6 Å². The number of benzene rings is 2. The molecule has 0 fully saturated rings. The van der Waals surface area contributed by atoms with Gasteiger partial charge in [-0.15, -0.1) is 10.2 Å². The van der Waals surface area contributed by atoms with Crippen LogP contribution in [0.3, 0.4) is 0 Å². The predicted molar refractivity (Wildman–Crippen MR) is 92.6 cm³/mol. The van der Waals surface area contributed by atoms with Crippen LogP contribution in [0.15, 0.2) is 45.2 Å². The molecule has 0 saturated carbocycles. The van der Waals surface area contributed by atoms with Gasteiger partial charge in [0.2, 0.25) is 17.7 Å². The zero-order valence-electron chi connectivity index (χ0n) is 14.2. The number of para-hydroxylation sites is 1. The quantitative estimate of drug-likeness (QED) is 0.559. The summed E-state index contributed by atoms with van der Waals surface area (Å²) in [6.07, 6.45) is 0.329. The van der Waals surface area contributed by atoms with Crippen LogP contribution in [0.25, 0.3) is 22.6 Å². The molecule has 126 valence electrons. The van der Waals surface area contributed by atoms with Crippen molar-refractivity contribution in [3.05, 3.63) is 59.3 Å². The van der Waals surface area contributed by atoms with Crippen LogP contribution >= 0.6 is 0 Å². The fourth-order valence-electron chi connectivity index (χ4n) is 2.66. The molecule has 0 N–H and O–H groups in total. The zero-order valence-corrected chi connectivity index (χ0v) is 14.2. The first-order valence-electron chi connectivity index (χ1n) is 7.96. The summed E-state index contributed by atoms with van der Waals surface area (Å²) in [6, 6.07) is 11.6. The first-order valence-corrected chi connectivity index (χ1v) is 7.96. The van der Waals surface area contributed by atoms with Gasteiger partial charge in [-0.2, -0.15) is 0 Å². The van der Waals surface area contributed by atoms with Crippen molar-refractivity contribution in [2.45, 2.75) is 20.3 Å². The highest BCUT2D eigenvalue weighted by atomic mass is 16.5. The van der Waals surface area contributed by atoms with Crippen molar-refractivity contribution in [3.8, 4) is 17.2 Å². The van der Waals surface area contributed by atoms with E-state index in [9.17, 15) is 0 Å². The molecule has 0 radical (unpaired) electrons. The van der Waals surface area contributed by atoms with E-state index in [0.29, 0.717) is 40.9 Å². The van der Waals surface area contributed by atoms with Gasteiger partial charge in [-0.05, 0) is 49.2 Å². The van der Waals surface area contributed by atoms with Gasteiger partial charge in [0.15, 0.2) is 11.1 Å². The van der Waals surface area contributed by atoms with Gasteiger partial charge in [0, 0.05) is 5.56 Å². The molecule has 2 aromatic carbocycles. The smallest absolute Gasteiger partial charge is 0.247 e. The molecule has 0 saturated heterocycles. The van der Waals surface area contributed by atoms with Crippen LogP contribution in [0.4, 0.5) is 0 Å². The molecule has 0 aliphatic carbocycles. The standard InChI is InChI=1S/C19H17N3O3/c1-11-7-8-13(9-12(11)2)19-22-21-17(25-19)10-16-20-18-14(23-3)5-4-6-15(18)24-16/h4-9H,10H2,1-3H3. The highest BCUT2D eigenvalue weighted by molar-refractivity contribution is 5.79. The molecule has 25 heavy (non-hydrogen) atoms. The topological polar surface area (TPSA) is 74.2 Å². The van der Waals surface area contributed by atoms with Crippen LogP contribution in [-0.4, -0.2) is 22.3 Å². The lowest BCUT2D eigenvalue weighted by molar-refractivity contribution is 0.419. The summed E-state index contributed by atoms with van der Waals surface area (Å²) in [6.45, 7) is 4.13. The summed E-state index contributed by atoms with van der Waals surface area (Å²) in [5, 5.41) is 8.24. The summed E-state index contributed by atoms with van der Waals surface area (Å²) < 4.78 is 16.8. The lowest BCUT2D eigenvalue weighted by atomic mass is 10.1. The molecule has 0 unspecified atom stereocenters. The maximum absolute atomic E-state index is 5.77. The number of rotatable bonds is 4. The van der Waals surface area contributed by atoms with Gasteiger partial charge in [0.25, 0.3) is 0 Å². The number of aryl methyl sites for hydroxylation is 2. The first-order chi connectivity index (χ1) is 12.1. The van der Waals surface area contributed by atoms with Gasteiger partial charge in [0.05, 0.1) is 7.11 Å². The molecule has 0 atom stereocenters. The van der Waals surface area contributed by atoms with E-state index in [1.165, 1.54) is 11.1 Å². The van der Waals surface area contributed by atoms with Gasteiger partial charge in [-0.25, -0.2) is 4.98 Å². The molecule has 0 aliphatic heterocycles. The summed E-state index contributed by atoms with van der Waals surface area (Å²) in [4.78, 5) is 4.47. The monoisotopic (exact) mass is 335 g/mol. The minimum Gasteiger partial charge on any atom is -0.494 e. The van der Waals surface area contributed by atoms with Gasteiger partial charge < -0.3 is 13.6 Å². The summed E-state index contributed by atoms with van der Waals surface area (Å²) >= 11 is 0. The van der Waals surface area contributed by atoms with E-state index in [2.05, 4.69) is 29.0 Å². The Morgan fingerprint density at radius 2 is 1.84 bits per heavy atom. The average molecular weight is 335 g/mol. The SMILES string of the molecule is COc1cccc2oc(Cc3nnc(-c4ccc(C)c(C)c4)o3)nc12. The molecule has 0 amide bonds. The minimum absolute atomic E-state index is 0.329. The molecular weight excluding hydrogens is 318 g/mol. The number of nitrogens with zero attached hydrogens (tertiary/aromatic N) is 3. The molecule has 4 aromatic rings. The lowest BCUT2D eigenvalue weighted by Gasteiger charge is -2.00. The van der Waals surface area contributed by atoms with Crippen LogP contribution in [0, 0.1) is 13.8 Å². The van der Waals surface area contributed by atoms with Crippen LogP contribution in [0.2, 0.25) is 0 Å². The fraction of sp³-hybridized carbons (Fsp3) is 0.211. The summed E-state index contributed by atoms with van der Waals surface area (Å²) in [7, 11) is 1.61. The number of methoxy groups -OCH3 is 1. The van der Waals surface area contributed by atoms with Crippen molar-refractivity contribution in [2.24, 2.45) is 0 Å². The number of fused-ring (bicyclic) bond motifs is 1. The van der Waals surface area contributed by atoms with Crippen LogP contribution in [0.1, 0.15) is 22.9 Å². The molecular formula is C19H17N3O3. The Morgan fingerprint density at radius 1 is 0.960 bits per heavy atom. The van der Waals surface area contributed by atoms with Gasteiger partial charge in [-0.1, -0.05) is 12.1 Å². The Morgan fingerprint density at radius 3 is 2.64 bits per heavy atom. The van der Waals surface area contributed by atoms with Crippen LogP contribution < -0.4 is 4.74 Å². The lowest BCUT2D eigenvalue weighted by Crippen LogP contribution is -1.88. The maximum atomic E-state index is 5.77. The number of hydrogen-bond donors (Lipinski definition) is 0. The Balaban J connectivity index is 1.62. The van der Waals surface area contributed by atoms with E-state index >= 15 is 0 Å². The molecule has 6 nitrogen and oxygen atoms in total. The molecule has 2 heterocycles. The Bertz CT molecular complexity index is 1050. The third kappa shape index (κ3) is 2.87. The second-order valence-electron chi connectivity index (χ2n) is 5.89. The number of ether oxygens (including phenoxy) is 1. The highest BCUT2D eigenvalue weighted by Crippen LogP contribution is 2.27. The van der Waals surface area contributed by atoms with Crippen molar-refractivity contribution in [1.29, 1.82) is 0 Å². The van der Waals surface area contributed by atoms with Crippen molar-refractivity contribution >= 4 is 11.1 Å². The Hall–Kier alpha value is -3.15. The molecule has 2 aromatic heterocycles. The van der Waals surface area contributed by atoms with Gasteiger partial charge in [0.1, 0.15) is 12.2 Å². The Labute approximate surface area is 144 Å². The predicted octanol–water partition coefficient (Wildman–Crippen LogP) is 4.09. The first kappa shape index (κ1) is 15.4. The zero-order chi connectivity index (χ0) is 17.4. The number of aromatic nitrogens is 3. The third-order valence-electron chi connectivity index (χ3n) is 4.17. The van der Waals surface area contributed by atoms with Crippen molar-refractivity contribution in [2.75, 3.05) is 7.11 Å². The third-order valence-corrected chi connectivity index (χ3v) is 4.17. The van der Waals surface area contributed by atoms with Crippen molar-refractivity contribution in [1.82, 2.24) is 15.2 Å². The molecule has 0 aliphatic rings. The van der Waals surface area contributed by atoms with E-state index in [1.54, 1.807) is 7.11 Å². The molecule has 0 bridgehead atoms. The van der Waals surface area contributed by atoms with Gasteiger partial charge in [-0.3, -0.25) is 0 Å². The number of hydrogen-bond acceptors (Lipinski definition) is 6. The molecule has 6 heteroatoms. The van der Waals surface area contributed by atoms with Crippen LogP contribution in [-0.2, 0) is 6.42 Å². The second kappa shape index (κ2) is 6.05.